The Hall–Kier alpha value is -1.13. The van der Waals surface area contributed by atoms with Crippen LogP contribution < -0.4 is 10.6 Å². The van der Waals surface area contributed by atoms with Gasteiger partial charge in [-0.1, -0.05) is 6.07 Å². The van der Waals surface area contributed by atoms with Crippen molar-refractivity contribution in [1.82, 2.24) is 4.90 Å². The molecule has 0 aliphatic carbocycles. The van der Waals surface area contributed by atoms with E-state index < -0.39 is 0 Å². The van der Waals surface area contributed by atoms with Gasteiger partial charge in [0.2, 0.25) is 0 Å². The van der Waals surface area contributed by atoms with E-state index in [-0.39, 0.29) is 5.82 Å². The SMILES string of the molecule is NCCN1CC2(CCN(c3cccc(F)c3)CC2)C1. The Kier molecular flexibility index (Phi) is 3.46. The van der Waals surface area contributed by atoms with Crippen LogP contribution in [0.5, 0.6) is 0 Å². The number of hydrogen-bond donors (Lipinski definition) is 1. The molecule has 0 bridgehead atoms. The maximum atomic E-state index is 13.2. The average molecular weight is 263 g/mol. The zero-order valence-electron chi connectivity index (χ0n) is 11.3. The monoisotopic (exact) mass is 263 g/mol. The molecule has 2 aliphatic heterocycles. The molecule has 4 heteroatoms. The molecule has 0 radical (unpaired) electrons. The molecule has 0 atom stereocenters. The zero-order valence-corrected chi connectivity index (χ0v) is 11.3. The van der Waals surface area contributed by atoms with Gasteiger partial charge in [-0.3, -0.25) is 0 Å². The van der Waals surface area contributed by atoms with Crippen LogP contribution in [0.4, 0.5) is 10.1 Å². The lowest BCUT2D eigenvalue weighted by molar-refractivity contribution is -0.0158. The van der Waals surface area contributed by atoms with E-state index in [4.69, 9.17) is 5.73 Å². The van der Waals surface area contributed by atoms with Crippen LogP contribution in [-0.2, 0) is 0 Å². The van der Waals surface area contributed by atoms with E-state index in [2.05, 4.69) is 9.80 Å². The van der Waals surface area contributed by atoms with Gasteiger partial charge in [0.15, 0.2) is 0 Å². The molecule has 104 valence electrons. The number of benzene rings is 1. The van der Waals surface area contributed by atoms with Crippen LogP contribution in [0.1, 0.15) is 12.8 Å². The Morgan fingerprint density at radius 1 is 1.21 bits per heavy atom. The topological polar surface area (TPSA) is 32.5 Å². The van der Waals surface area contributed by atoms with Crippen LogP contribution in [0, 0.1) is 11.2 Å². The summed E-state index contributed by atoms with van der Waals surface area (Å²) in [6.45, 7) is 6.25. The highest BCUT2D eigenvalue weighted by atomic mass is 19.1. The summed E-state index contributed by atoms with van der Waals surface area (Å²) in [7, 11) is 0. The number of halogens is 1. The van der Waals surface area contributed by atoms with Gasteiger partial charge in [0, 0.05) is 45.0 Å². The van der Waals surface area contributed by atoms with E-state index in [1.807, 2.05) is 6.07 Å². The van der Waals surface area contributed by atoms with E-state index in [1.165, 1.54) is 32.0 Å². The van der Waals surface area contributed by atoms with Gasteiger partial charge in [-0.2, -0.15) is 0 Å². The van der Waals surface area contributed by atoms with Gasteiger partial charge in [-0.05, 0) is 36.5 Å². The van der Waals surface area contributed by atoms with Crippen LogP contribution >= 0.6 is 0 Å². The van der Waals surface area contributed by atoms with Crippen molar-refractivity contribution in [1.29, 1.82) is 0 Å². The predicted octanol–water partition coefficient (Wildman–Crippen LogP) is 1.69. The number of likely N-dealkylation sites (tertiary alicyclic amines) is 1. The summed E-state index contributed by atoms with van der Waals surface area (Å²) >= 11 is 0. The minimum Gasteiger partial charge on any atom is -0.371 e. The maximum Gasteiger partial charge on any atom is 0.125 e. The van der Waals surface area contributed by atoms with Gasteiger partial charge in [0.1, 0.15) is 5.82 Å². The highest BCUT2D eigenvalue weighted by molar-refractivity contribution is 5.47. The van der Waals surface area contributed by atoms with Crippen LogP contribution in [0.2, 0.25) is 0 Å². The highest BCUT2D eigenvalue weighted by Crippen LogP contribution is 2.41. The molecule has 2 aliphatic rings. The Balaban J connectivity index is 1.56. The molecule has 2 fully saturated rings. The molecular weight excluding hydrogens is 241 g/mol. The summed E-state index contributed by atoms with van der Waals surface area (Å²) in [4.78, 5) is 4.75. The lowest BCUT2D eigenvalue weighted by atomic mass is 9.72. The van der Waals surface area contributed by atoms with Crippen molar-refractivity contribution in [2.45, 2.75) is 12.8 Å². The Labute approximate surface area is 114 Å². The largest absolute Gasteiger partial charge is 0.371 e. The molecule has 0 saturated carbocycles. The molecule has 0 amide bonds. The molecule has 2 N–H and O–H groups in total. The smallest absolute Gasteiger partial charge is 0.125 e. The Morgan fingerprint density at radius 2 is 1.95 bits per heavy atom. The molecule has 2 heterocycles. The first-order chi connectivity index (χ1) is 9.21. The lowest BCUT2D eigenvalue weighted by Crippen LogP contribution is -2.61. The van der Waals surface area contributed by atoms with E-state index in [9.17, 15) is 4.39 Å². The fourth-order valence-corrected chi connectivity index (χ4v) is 3.47. The van der Waals surface area contributed by atoms with Crippen LogP contribution in [0.15, 0.2) is 24.3 Å². The minimum atomic E-state index is -0.143. The van der Waals surface area contributed by atoms with E-state index in [0.29, 0.717) is 5.41 Å². The van der Waals surface area contributed by atoms with Gasteiger partial charge in [-0.15, -0.1) is 0 Å². The third kappa shape index (κ3) is 2.60. The van der Waals surface area contributed by atoms with Crippen molar-refractivity contribution in [3.63, 3.8) is 0 Å². The van der Waals surface area contributed by atoms with Crippen molar-refractivity contribution in [3.05, 3.63) is 30.1 Å². The number of piperidine rings is 1. The normalized spacial score (nSPS) is 22.5. The Morgan fingerprint density at radius 3 is 2.58 bits per heavy atom. The summed E-state index contributed by atoms with van der Waals surface area (Å²) in [5.74, 6) is -0.143. The predicted molar refractivity (Wildman–Crippen MR) is 75.8 cm³/mol. The second kappa shape index (κ2) is 5.10. The van der Waals surface area contributed by atoms with E-state index in [1.54, 1.807) is 12.1 Å². The maximum absolute atomic E-state index is 13.2. The van der Waals surface area contributed by atoms with Gasteiger partial charge < -0.3 is 15.5 Å². The second-order valence-electron chi connectivity index (χ2n) is 5.97. The Bertz CT molecular complexity index is 433. The number of hydrogen-bond acceptors (Lipinski definition) is 3. The molecule has 1 aromatic carbocycles. The van der Waals surface area contributed by atoms with Crippen LogP contribution in [0.25, 0.3) is 0 Å². The number of nitrogens with zero attached hydrogens (tertiary/aromatic N) is 2. The van der Waals surface area contributed by atoms with Gasteiger partial charge in [-0.25, -0.2) is 4.39 Å². The third-order valence-electron chi connectivity index (χ3n) is 4.56. The summed E-state index contributed by atoms with van der Waals surface area (Å²) in [6.07, 6.45) is 2.43. The minimum absolute atomic E-state index is 0.143. The fourth-order valence-electron chi connectivity index (χ4n) is 3.47. The molecular formula is C15H22FN3. The van der Waals surface area contributed by atoms with Crippen molar-refractivity contribution in [2.24, 2.45) is 11.1 Å². The summed E-state index contributed by atoms with van der Waals surface area (Å²) in [6, 6.07) is 6.94. The van der Waals surface area contributed by atoms with E-state index in [0.717, 1.165) is 31.9 Å². The number of anilines is 1. The number of nitrogens with two attached hydrogens (primary N) is 1. The van der Waals surface area contributed by atoms with Gasteiger partial charge in [0.05, 0.1) is 0 Å². The summed E-state index contributed by atoms with van der Waals surface area (Å²) < 4.78 is 13.2. The average Bonchev–Trinajstić information content (AvgIpc) is 2.38. The van der Waals surface area contributed by atoms with Gasteiger partial charge >= 0.3 is 0 Å². The second-order valence-corrected chi connectivity index (χ2v) is 5.97. The van der Waals surface area contributed by atoms with Crippen molar-refractivity contribution in [3.8, 4) is 0 Å². The first-order valence-electron chi connectivity index (χ1n) is 7.14. The van der Waals surface area contributed by atoms with Crippen LogP contribution in [-0.4, -0.2) is 44.2 Å². The van der Waals surface area contributed by atoms with Crippen molar-refractivity contribution in [2.75, 3.05) is 44.2 Å². The molecule has 0 unspecified atom stereocenters. The third-order valence-corrected chi connectivity index (χ3v) is 4.56. The molecule has 3 nitrogen and oxygen atoms in total. The standard InChI is InChI=1S/C15H22FN3/c16-13-2-1-3-14(10-13)19-7-4-15(5-8-19)11-18(12-15)9-6-17/h1-3,10H,4-9,11-12,17H2. The first kappa shape index (κ1) is 12.9. The van der Waals surface area contributed by atoms with Crippen molar-refractivity contribution >= 4 is 5.69 Å². The molecule has 3 rings (SSSR count). The highest BCUT2D eigenvalue weighted by Gasteiger charge is 2.44. The summed E-state index contributed by atoms with van der Waals surface area (Å²) in [5.41, 5.74) is 7.12. The van der Waals surface area contributed by atoms with Crippen molar-refractivity contribution < 1.29 is 4.39 Å². The number of rotatable bonds is 3. The summed E-state index contributed by atoms with van der Waals surface area (Å²) in [5, 5.41) is 0. The van der Waals surface area contributed by atoms with Crippen LogP contribution in [0.3, 0.4) is 0 Å². The van der Waals surface area contributed by atoms with E-state index >= 15 is 0 Å². The molecule has 19 heavy (non-hydrogen) atoms. The quantitative estimate of drug-likeness (QED) is 0.900. The zero-order chi connectivity index (χ0) is 13.3. The lowest BCUT2D eigenvalue weighted by Gasteiger charge is -2.54. The van der Waals surface area contributed by atoms with Gasteiger partial charge in [0.25, 0.3) is 0 Å². The first-order valence-corrected chi connectivity index (χ1v) is 7.14. The molecule has 1 spiro atoms. The molecule has 1 aromatic rings. The molecule has 0 aromatic heterocycles. The fraction of sp³-hybridized carbons (Fsp3) is 0.600. The molecule has 2 saturated heterocycles.